The van der Waals surface area contributed by atoms with Crippen molar-refractivity contribution in [2.75, 3.05) is 33.4 Å². The number of carbonyl (C=O) groups excluding carboxylic acids is 1. The van der Waals surface area contributed by atoms with Crippen molar-refractivity contribution in [2.24, 2.45) is 0 Å². The molecule has 4 aromatic carbocycles. The number of ether oxygens (including phenoxy) is 3. The minimum Gasteiger partial charge on any atom is -0.493 e. The average Bonchev–Trinajstić information content (AvgIpc) is 3.41. The van der Waals surface area contributed by atoms with Crippen LogP contribution in [0.2, 0.25) is 0 Å². The monoisotopic (exact) mass is 560 g/mol. The Morgan fingerprint density at radius 3 is 2.26 bits per heavy atom. The Bertz CT molecular complexity index is 1620. The maximum absolute atomic E-state index is 13.7. The predicted octanol–water partition coefficient (Wildman–Crippen LogP) is 6.66. The topological polar surface area (TPSA) is 52.9 Å². The molecule has 0 saturated carbocycles. The van der Waals surface area contributed by atoms with Gasteiger partial charge in [-0.05, 0) is 40.5 Å². The van der Waals surface area contributed by atoms with Gasteiger partial charge in [0, 0.05) is 49.1 Å². The number of hydrogen-bond acceptors (Lipinski definition) is 4. The largest absolute Gasteiger partial charge is 0.493 e. The Morgan fingerprint density at radius 1 is 0.833 bits per heavy atom. The summed E-state index contributed by atoms with van der Waals surface area (Å²) < 4.78 is 19.8. The van der Waals surface area contributed by atoms with Gasteiger partial charge in [0.1, 0.15) is 6.61 Å². The summed E-state index contributed by atoms with van der Waals surface area (Å²) >= 11 is 0. The van der Waals surface area contributed by atoms with Crippen LogP contribution in [0.5, 0.6) is 11.5 Å². The lowest BCUT2D eigenvalue weighted by Gasteiger charge is -2.29. The molecule has 1 aliphatic heterocycles. The molecule has 1 aromatic heterocycles. The number of benzene rings is 4. The van der Waals surface area contributed by atoms with Gasteiger partial charge in [-0.1, -0.05) is 84.9 Å². The molecular formula is C36H36N2O4. The van der Waals surface area contributed by atoms with Crippen LogP contribution >= 0.6 is 0 Å². The van der Waals surface area contributed by atoms with E-state index in [9.17, 15) is 4.79 Å². The van der Waals surface area contributed by atoms with Gasteiger partial charge in [0.05, 0.1) is 20.3 Å². The second-order valence-electron chi connectivity index (χ2n) is 10.6. The highest BCUT2D eigenvalue weighted by atomic mass is 16.5. The standard InChI is InChI=1S/C36H36N2O4/c1-40-34-17-16-29(22-35(34)42-26-28-12-6-3-7-13-28)31(23-36(39)37-18-20-41-21-19-37)32-25-38(24-27-10-4-2-5-11-27)33-15-9-8-14-30(32)33/h2-17,22,25,31H,18-21,23-24,26H2,1H3/t31-/m1/s1. The Hall–Kier alpha value is -4.55. The van der Waals surface area contributed by atoms with Crippen molar-refractivity contribution in [1.82, 2.24) is 9.47 Å². The molecule has 6 rings (SSSR count). The first-order valence-electron chi connectivity index (χ1n) is 14.5. The number of fused-ring (bicyclic) bond motifs is 1. The highest BCUT2D eigenvalue weighted by molar-refractivity contribution is 5.87. The van der Waals surface area contributed by atoms with Crippen molar-refractivity contribution in [3.8, 4) is 11.5 Å². The quantitative estimate of drug-likeness (QED) is 0.192. The van der Waals surface area contributed by atoms with Crippen LogP contribution in [0.25, 0.3) is 10.9 Å². The highest BCUT2D eigenvalue weighted by Gasteiger charge is 2.27. The Morgan fingerprint density at radius 2 is 1.52 bits per heavy atom. The highest BCUT2D eigenvalue weighted by Crippen LogP contribution is 2.39. The van der Waals surface area contributed by atoms with E-state index in [0.717, 1.165) is 34.1 Å². The lowest BCUT2D eigenvalue weighted by atomic mass is 9.87. The molecule has 5 aromatic rings. The minimum absolute atomic E-state index is 0.130. The van der Waals surface area contributed by atoms with E-state index in [0.29, 0.717) is 50.8 Å². The van der Waals surface area contributed by atoms with E-state index < -0.39 is 0 Å². The molecule has 42 heavy (non-hydrogen) atoms. The first-order valence-corrected chi connectivity index (χ1v) is 14.5. The Balaban J connectivity index is 1.40. The molecule has 0 bridgehead atoms. The summed E-state index contributed by atoms with van der Waals surface area (Å²) in [5, 5.41) is 1.15. The van der Waals surface area contributed by atoms with E-state index in [1.807, 2.05) is 53.4 Å². The van der Waals surface area contributed by atoms with E-state index in [-0.39, 0.29) is 11.8 Å². The molecule has 1 fully saturated rings. The van der Waals surface area contributed by atoms with Crippen LogP contribution in [-0.4, -0.2) is 48.8 Å². The second-order valence-corrected chi connectivity index (χ2v) is 10.6. The number of rotatable bonds is 10. The number of para-hydroxylation sites is 1. The fourth-order valence-electron chi connectivity index (χ4n) is 5.75. The Kier molecular flexibility index (Phi) is 8.52. The number of methoxy groups -OCH3 is 1. The number of amides is 1. The molecule has 1 aliphatic rings. The lowest BCUT2D eigenvalue weighted by Crippen LogP contribution is -2.41. The van der Waals surface area contributed by atoms with Crippen LogP contribution in [0.4, 0.5) is 0 Å². The molecule has 214 valence electrons. The SMILES string of the molecule is COc1ccc([C@@H](CC(=O)N2CCOCC2)c2cn(Cc3ccccc3)c3ccccc23)cc1OCc1ccccc1. The third-order valence-corrected chi connectivity index (χ3v) is 7.96. The number of aromatic nitrogens is 1. The number of nitrogens with zero attached hydrogens (tertiary/aromatic N) is 2. The average molecular weight is 561 g/mol. The van der Waals surface area contributed by atoms with Gasteiger partial charge in [0.15, 0.2) is 11.5 Å². The van der Waals surface area contributed by atoms with Crippen LogP contribution < -0.4 is 9.47 Å². The Labute approximate surface area is 247 Å². The third kappa shape index (κ3) is 6.19. The zero-order valence-corrected chi connectivity index (χ0v) is 23.9. The zero-order valence-electron chi connectivity index (χ0n) is 23.9. The lowest BCUT2D eigenvalue weighted by molar-refractivity contribution is -0.135. The summed E-state index contributed by atoms with van der Waals surface area (Å²) in [6.07, 6.45) is 2.58. The molecule has 0 spiro atoms. The molecule has 1 amide bonds. The zero-order chi connectivity index (χ0) is 28.7. The van der Waals surface area contributed by atoms with E-state index in [1.165, 1.54) is 5.56 Å². The van der Waals surface area contributed by atoms with E-state index in [4.69, 9.17) is 14.2 Å². The van der Waals surface area contributed by atoms with Crippen molar-refractivity contribution < 1.29 is 19.0 Å². The normalized spacial score (nSPS) is 14.1. The molecule has 0 aliphatic carbocycles. The van der Waals surface area contributed by atoms with Gasteiger partial charge in [-0.3, -0.25) is 4.79 Å². The van der Waals surface area contributed by atoms with E-state index in [2.05, 4.69) is 65.4 Å². The molecule has 1 saturated heterocycles. The van der Waals surface area contributed by atoms with Crippen molar-refractivity contribution in [2.45, 2.75) is 25.5 Å². The molecule has 0 unspecified atom stereocenters. The number of morpholine rings is 1. The van der Waals surface area contributed by atoms with Gasteiger partial charge < -0.3 is 23.7 Å². The number of carbonyl (C=O) groups is 1. The summed E-state index contributed by atoms with van der Waals surface area (Å²) in [7, 11) is 1.65. The van der Waals surface area contributed by atoms with E-state index in [1.54, 1.807) is 7.11 Å². The van der Waals surface area contributed by atoms with Crippen LogP contribution in [0.1, 0.15) is 34.6 Å². The first kappa shape index (κ1) is 27.6. The summed E-state index contributed by atoms with van der Waals surface area (Å²) in [6, 6.07) is 35.1. The maximum Gasteiger partial charge on any atom is 0.223 e. The van der Waals surface area contributed by atoms with Gasteiger partial charge in [0.25, 0.3) is 0 Å². The summed E-state index contributed by atoms with van der Waals surface area (Å²) in [5.74, 6) is 1.29. The summed E-state index contributed by atoms with van der Waals surface area (Å²) in [6.45, 7) is 3.57. The van der Waals surface area contributed by atoms with Crippen molar-refractivity contribution in [3.05, 3.63) is 132 Å². The van der Waals surface area contributed by atoms with Crippen LogP contribution in [-0.2, 0) is 22.7 Å². The van der Waals surface area contributed by atoms with Crippen LogP contribution in [0.15, 0.2) is 109 Å². The van der Waals surface area contributed by atoms with Gasteiger partial charge in [-0.2, -0.15) is 0 Å². The molecule has 0 radical (unpaired) electrons. The van der Waals surface area contributed by atoms with E-state index >= 15 is 0 Å². The summed E-state index contributed by atoms with van der Waals surface area (Å²) in [5.41, 5.74) is 5.60. The van der Waals surface area contributed by atoms with Crippen molar-refractivity contribution in [1.29, 1.82) is 0 Å². The maximum atomic E-state index is 13.7. The molecule has 6 nitrogen and oxygen atoms in total. The molecule has 1 atom stereocenters. The second kappa shape index (κ2) is 13.0. The first-order chi connectivity index (χ1) is 20.7. The van der Waals surface area contributed by atoms with Gasteiger partial charge in [-0.15, -0.1) is 0 Å². The van der Waals surface area contributed by atoms with Crippen LogP contribution in [0.3, 0.4) is 0 Å². The van der Waals surface area contributed by atoms with Gasteiger partial charge in [-0.25, -0.2) is 0 Å². The van der Waals surface area contributed by atoms with Crippen molar-refractivity contribution in [3.63, 3.8) is 0 Å². The molecule has 2 heterocycles. The predicted molar refractivity (Wildman–Crippen MR) is 165 cm³/mol. The molecular weight excluding hydrogens is 524 g/mol. The third-order valence-electron chi connectivity index (χ3n) is 7.96. The molecule has 0 N–H and O–H groups in total. The fourth-order valence-corrected chi connectivity index (χ4v) is 5.75. The van der Waals surface area contributed by atoms with Crippen LogP contribution in [0, 0.1) is 0 Å². The molecule has 6 heteroatoms. The smallest absolute Gasteiger partial charge is 0.223 e. The fraction of sp³-hybridized carbons (Fsp3) is 0.250. The minimum atomic E-state index is -0.174. The number of hydrogen-bond donors (Lipinski definition) is 0. The van der Waals surface area contributed by atoms with Crippen molar-refractivity contribution >= 4 is 16.8 Å². The summed E-state index contributed by atoms with van der Waals surface area (Å²) in [4.78, 5) is 15.6. The van der Waals surface area contributed by atoms with Gasteiger partial charge >= 0.3 is 0 Å². The van der Waals surface area contributed by atoms with Gasteiger partial charge in [0.2, 0.25) is 5.91 Å².